The van der Waals surface area contributed by atoms with E-state index in [4.69, 9.17) is 16.7 Å². The molecular formula is C13H18ClNO2. The van der Waals surface area contributed by atoms with Crippen molar-refractivity contribution in [2.24, 2.45) is 5.92 Å². The molecule has 94 valence electrons. The molecule has 1 aromatic carbocycles. The summed E-state index contributed by atoms with van der Waals surface area (Å²) in [5.41, 5.74) is 1.11. The number of nitrogens with one attached hydrogen (secondary N) is 1. The second kappa shape index (κ2) is 6.62. The maximum atomic E-state index is 11.0. The minimum absolute atomic E-state index is 0.0758. The summed E-state index contributed by atoms with van der Waals surface area (Å²) in [4.78, 5) is 11.0. The van der Waals surface area contributed by atoms with E-state index in [2.05, 4.69) is 5.32 Å². The van der Waals surface area contributed by atoms with Crippen LogP contribution < -0.4 is 5.32 Å². The Morgan fingerprint density at radius 3 is 2.71 bits per heavy atom. The fraction of sp³-hybridized carbons (Fsp3) is 0.462. The van der Waals surface area contributed by atoms with E-state index in [0.29, 0.717) is 11.6 Å². The predicted molar refractivity (Wildman–Crippen MR) is 69.4 cm³/mol. The van der Waals surface area contributed by atoms with Crippen LogP contribution in [0.5, 0.6) is 0 Å². The maximum Gasteiger partial charge on any atom is 0.320 e. The molecule has 1 atom stereocenters. The van der Waals surface area contributed by atoms with Crippen LogP contribution in [-0.4, -0.2) is 23.7 Å². The van der Waals surface area contributed by atoms with Gasteiger partial charge in [0.25, 0.3) is 0 Å². The van der Waals surface area contributed by atoms with Crippen molar-refractivity contribution in [3.63, 3.8) is 0 Å². The van der Waals surface area contributed by atoms with Gasteiger partial charge in [0.15, 0.2) is 0 Å². The summed E-state index contributed by atoms with van der Waals surface area (Å²) < 4.78 is 0. The smallest absolute Gasteiger partial charge is 0.320 e. The molecule has 4 heteroatoms. The summed E-state index contributed by atoms with van der Waals surface area (Å²) in [6.45, 7) is 4.42. The zero-order valence-electron chi connectivity index (χ0n) is 10.1. The molecule has 2 N–H and O–H groups in total. The molecule has 0 aromatic heterocycles. The molecule has 0 aliphatic heterocycles. The lowest BCUT2D eigenvalue weighted by Crippen LogP contribution is -2.41. The number of carboxylic acids is 1. The number of halogens is 1. The lowest BCUT2D eigenvalue weighted by molar-refractivity contribution is -0.140. The molecule has 1 aromatic rings. The van der Waals surface area contributed by atoms with Crippen LogP contribution in [0.1, 0.15) is 19.4 Å². The molecule has 17 heavy (non-hydrogen) atoms. The number of carboxylic acid groups (broad SMARTS) is 1. The Labute approximate surface area is 107 Å². The van der Waals surface area contributed by atoms with Crippen molar-refractivity contribution in [2.75, 3.05) is 6.54 Å². The van der Waals surface area contributed by atoms with Gasteiger partial charge in [0.2, 0.25) is 0 Å². The Hall–Kier alpha value is -1.06. The van der Waals surface area contributed by atoms with E-state index in [9.17, 15) is 4.79 Å². The predicted octanol–water partition coefficient (Wildman–Crippen LogP) is 2.58. The first-order valence-electron chi connectivity index (χ1n) is 5.71. The summed E-state index contributed by atoms with van der Waals surface area (Å²) in [5.74, 6) is -0.724. The quantitative estimate of drug-likeness (QED) is 0.822. The molecule has 0 saturated heterocycles. The largest absolute Gasteiger partial charge is 0.480 e. The Balaban J connectivity index is 2.44. The van der Waals surface area contributed by atoms with E-state index in [1.807, 2.05) is 38.1 Å². The van der Waals surface area contributed by atoms with Crippen LogP contribution in [0.25, 0.3) is 0 Å². The second-order valence-electron chi connectivity index (χ2n) is 4.39. The fourth-order valence-corrected chi connectivity index (χ4v) is 1.89. The Morgan fingerprint density at radius 2 is 2.18 bits per heavy atom. The molecule has 0 fully saturated rings. The van der Waals surface area contributed by atoms with E-state index in [1.54, 1.807) is 0 Å². The summed E-state index contributed by atoms with van der Waals surface area (Å²) in [6, 6.07) is 7.11. The van der Waals surface area contributed by atoms with E-state index in [0.717, 1.165) is 12.0 Å². The molecule has 0 heterocycles. The summed E-state index contributed by atoms with van der Waals surface area (Å²) >= 11 is 5.87. The molecule has 0 spiro atoms. The minimum atomic E-state index is -0.800. The van der Waals surface area contributed by atoms with Crippen molar-refractivity contribution in [1.82, 2.24) is 5.32 Å². The highest BCUT2D eigenvalue weighted by Crippen LogP contribution is 2.11. The van der Waals surface area contributed by atoms with Gasteiger partial charge in [-0.05, 0) is 36.6 Å². The Kier molecular flexibility index (Phi) is 5.45. The van der Waals surface area contributed by atoms with Gasteiger partial charge >= 0.3 is 5.97 Å². The number of hydrogen-bond acceptors (Lipinski definition) is 2. The standard InChI is InChI=1S/C13H18ClNO2/c1-9(2)12(13(16)17)15-7-6-10-4-3-5-11(14)8-10/h3-5,8-9,12,15H,6-7H2,1-2H3,(H,16,17). The lowest BCUT2D eigenvalue weighted by Gasteiger charge is -2.17. The van der Waals surface area contributed by atoms with Crippen molar-refractivity contribution < 1.29 is 9.90 Å². The third-order valence-corrected chi connectivity index (χ3v) is 2.83. The number of benzene rings is 1. The second-order valence-corrected chi connectivity index (χ2v) is 4.83. The zero-order chi connectivity index (χ0) is 12.8. The first kappa shape index (κ1) is 14.0. The van der Waals surface area contributed by atoms with Gasteiger partial charge in [0, 0.05) is 5.02 Å². The topological polar surface area (TPSA) is 49.3 Å². The van der Waals surface area contributed by atoms with Crippen molar-refractivity contribution in [3.8, 4) is 0 Å². The van der Waals surface area contributed by atoms with E-state index in [1.165, 1.54) is 0 Å². The summed E-state index contributed by atoms with van der Waals surface area (Å²) in [5, 5.41) is 12.8. The molecule has 1 rings (SSSR count). The van der Waals surface area contributed by atoms with Gasteiger partial charge in [0.05, 0.1) is 0 Å². The minimum Gasteiger partial charge on any atom is -0.480 e. The van der Waals surface area contributed by atoms with Crippen molar-refractivity contribution in [1.29, 1.82) is 0 Å². The molecule has 0 saturated carbocycles. The van der Waals surface area contributed by atoms with Gasteiger partial charge in [-0.15, -0.1) is 0 Å². The van der Waals surface area contributed by atoms with Crippen LogP contribution in [0.15, 0.2) is 24.3 Å². The molecular weight excluding hydrogens is 238 g/mol. The number of rotatable bonds is 6. The normalized spacial score (nSPS) is 12.7. The SMILES string of the molecule is CC(C)C(NCCc1cccc(Cl)c1)C(=O)O. The van der Waals surface area contributed by atoms with Crippen LogP contribution in [0, 0.1) is 5.92 Å². The molecule has 0 radical (unpaired) electrons. The third kappa shape index (κ3) is 4.75. The van der Waals surface area contributed by atoms with Crippen molar-refractivity contribution in [2.45, 2.75) is 26.3 Å². The van der Waals surface area contributed by atoms with E-state index in [-0.39, 0.29) is 5.92 Å². The molecule has 0 aliphatic rings. The van der Waals surface area contributed by atoms with Gasteiger partial charge in [-0.1, -0.05) is 37.6 Å². The van der Waals surface area contributed by atoms with Crippen molar-refractivity contribution in [3.05, 3.63) is 34.9 Å². The monoisotopic (exact) mass is 255 g/mol. The zero-order valence-corrected chi connectivity index (χ0v) is 10.9. The maximum absolute atomic E-state index is 11.0. The average molecular weight is 256 g/mol. The molecule has 0 amide bonds. The first-order valence-corrected chi connectivity index (χ1v) is 6.09. The van der Waals surface area contributed by atoms with Crippen LogP contribution in [0.4, 0.5) is 0 Å². The fourth-order valence-electron chi connectivity index (χ4n) is 1.67. The Bertz CT molecular complexity index is 379. The number of hydrogen-bond donors (Lipinski definition) is 2. The van der Waals surface area contributed by atoms with Crippen LogP contribution in [0.2, 0.25) is 5.02 Å². The molecule has 0 aliphatic carbocycles. The summed E-state index contributed by atoms with van der Waals surface area (Å²) in [6.07, 6.45) is 0.775. The van der Waals surface area contributed by atoms with Gasteiger partial charge in [-0.2, -0.15) is 0 Å². The van der Waals surface area contributed by atoms with Gasteiger partial charge in [0.1, 0.15) is 6.04 Å². The van der Waals surface area contributed by atoms with Gasteiger partial charge in [-0.25, -0.2) is 0 Å². The van der Waals surface area contributed by atoms with Crippen molar-refractivity contribution >= 4 is 17.6 Å². The van der Waals surface area contributed by atoms with E-state index < -0.39 is 12.0 Å². The summed E-state index contributed by atoms with van der Waals surface area (Å²) in [7, 11) is 0. The highest BCUT2D eigenvalue weighted by Gasteiger charge is 2.19. The number of carbonyl (C=O) groups is 1. The highest BCUT2D eigenvalue weighted by molar-refractivity contribution is 6.30. The Morgan fingerprint density at radius 1 is 1.47 bits per heavy atom. The molecule has 3 nitrogen and oxygen atoms in total. The highest BCUT2D eigenvalue weighted by atomic mass is 35.5. The van der Waals surface area contributed by atoms with Crippen LogP contribution >= 0.6 is 11.6 Å². The third-order valence-electron chi connectivity index (χ3n) is 2.60. The van der Waals surface area contributed by atoms with E-state index >= 15 is 0 Å². The van der Waals surface area contributed by atoms with Crippen LogP contribution in [-0.2, 0) is 11.2 Å². The van der Waals surface area contributed by atoms with Gasteiger partial charge in [-0.3, -0.25) is 4.79 Å². The molecule has 1 unspecified atom stereocenters. The first-order chi connectivity index (χ1) is 8.00. The lowest BCUT2D eigenvalue weighted by atomic mass is 10.0. The number of aliphatic carboxylic acids is 1. The van der Waals surface area contributed by atoms with Crippen LogP contribution in [0.3, 0.4) is 0 Å². The van der Waals surface area contributed by atoms with Gasteiger partial charge < -0.3 is 10.4 Å². The molecule has 0 bridgehead atoms. The average Bonchev–Trinajstić information content (AvgIpc) is 2.23.